The van der Waals surface area contributed by atoms with Crippen LogP contribution in [0, 0.1) is 0 Å². The highest BCUT2D eigenvalue weighted by atomic mass is 16.5. The van der Waals surface area contributed by atoms with E-state index in [0.29, 0.717) is 25.3 Å². The number of ether oxygens (including phenoxy) is 1. The maximum absolute atomic E-state index is 11.5. The lowest BCUT2D eigenvalue weighted by molar-refractivity contribution is -0.137. The molecule has 0 saturated carbocycles. The van der Waals surface area contributed by atoms with E-state index in [4.69, 9.17) is 9.84 Å². The zero-order valence-electron chi connectivity index (χ0n) is 11.3. The van der Waals surface area contributed by atoms with Crippen LogP contribution in [0.4, 0.5) is 0 Å². The van der Waals surface area contributed by atoms with Crippen molar-refractivity contribution in [1.29, 1.82) is 0 Å². The van der Waals surface area contributed by atoms with Gasteiger partial charge in [-0.2, -0.15) is 0 Å². The molecule has 0 unspecified atom stereocenters. The van der Waals surface area contributed by atoms with Crippen LogP contribution in [0.25, 0.3) is 0 Å². The predicted molar refractivity (Wildman–Crippen MR) is 71.0 cm³/mol. The first kappa shape index (κ1) is 15.2. The molecule has 0 fully saturated rings. The van der Waals surface area contributed by atoms with Crippen LogP contribution >= 0.6 is 0 Å². The summed E-state index contributed by atoms with van der Waals surface area (Å²) >= 11 is 0. The van der Waals surface area contributed by atoms with Crippen molar-refractivity contribution in [3.05, 3.63) is 35.4 Å². The van der Waals surface area contributed by atoms with E-state index in [1.165, 1.54) is 0 Å². The van der Waals surface area contributed by atoms with Gasteiger partial charge in [0.05, 0.1) is 18.6 Å². The van der Waals surface area contributed by atoms with Crippen LogP contribution < -0.4 is 0 Å². The molecule has 1 aromatic carbocycles. The van der Waals surface area contributed by atoms with Gasteiger partial charge in [-0.05, 0) is 31.7 Å². The van der Waals surface area contributed by atoms with Gasteiger partial charge in [-0.3, -0.25) is 4.79 Å². The molecule has 1 rings (SSSR count). The number of carboxylic acids is 1. The Labute approximate surface area is 112 Å². The van der Waals surface area contributed by atoms with Crippen LogP contribution in [0.2, 0.25) is 0 Å². The summed E-state index contributed by atoms with van der Waals surface area (Å²) in [6, 6.07) is 7.14. The zero-order chi connectivity index (χ0) is 14.3. The van der Waals surface area contributed by atoms with Crippen LogP contribution in [-0.4, -0.2) is 42.1 Å². The second-order valence-corrected chi connectivity index (χ2v) is 4.30. The Morgan fingerprint density at radius 1 is 1.26 bits per heavy atom. The van der Waals surface area contributed by atoms with Crippen LogP contribution in [0.3, 0.4) is 0 Å². The molecule has 0 aliphatic heterocycles. The highest BCUT2D eigenvalue weighted by molar-refractivity contribution is 5.89. The molecule has 0 aliphatic carbocycles. The van der Waals surface area contributed by atoms with E-state index >= 15 is 0 Å². The van der Waals surface area contributed by atoms with Crippen LogP contribution in [0.15, 0.2) is 24.3 Å². The number of rotatable bonds is 7. The summed E-state index contributed by atoms with van der Waals surface area (Å²) in [5.74, 6) is -1.13. The number of benzene rings is 1. The van der Waals surface area contributed by atoms with Crippen molar-refractivity contribution < 1.29 is 19.4 Å². The quantitative estimate of drug-likeness (QED) is 0.761. The molecule has 1 aromatic rings. The zero-order valence-corrected chi connectivity index (χ0v) is 11.3. The molecular formula is C14H19NO4. The van der Waals surface area contributed by atoms with Crippen LogP contribution in [0.1, 0.15) is 29.3 Å². The molecule has 5 heteroatoms. The lowest BCUT2D eigenvalue weighted by Gasteiger charge is -2.15. The summed E-state index contributed by atoms with van der Waals surface area (Å²) in [5, 5.41) is 8.60. The maximum atomic E-state index is 11.5. The third kappa shape index (κ3) is 5.52. The largest absolute Gasteiger partial charge is 0.481 e. The minimum absolute atomic E-state index is 0.122. The normalized spacial score (nSPS) is 10.5. The molecule has 0 bridgehead atoms. The summed E-state index contributed by atoms with van der Waals surface area (Å²) < 4.78 is 4.90. The minimum Gasteiger partial charge on any atom is -0.481 e. The van der Waals surface area contributed by atoms with Crippen molar-refractivity contribution >= 4 is 11.9 Å². The fourth-order valence-electron chi connectivity index (χ4n) is 1.64. The molecule has 0 amide bonds. The number of carbonyl (C=O) groups excluding carboxylic acids is 1. The number of carbonyl (C=O) groups is 2. The molecule has 0 aromatic heterocycles. The van der Waals surface area contributed by atoms with Gasteiger partial charge >= 0.3 is 11.9 Å². The van der Waals surface area contributed by atoms with Crippen LogP contribution in [-0.2, 0) is 16.1 Å². The molecular weight excluding hydrogens is 246 g/mol. The Bertz CT molecular complexity index is 428. The smallest absolute Gasteiger partial charge is 0.338 e. The number of hydrogen-bond donors (Lipinski definition) is 1. The number of nitrogens with zero attached hydrogens (tertiary/aromatic N) is 1. The van der Waals surface area contributed by atoms with Gasteiger partial charge in [0, 0.05) is 13.1 Å². The number of carboxylic acid groups (broad SMARTS) is 1. The topological polar surface area (TPSA) is 66.8 Å². The Morgan fingerprint density at radius 3 is 2.42 bits per heavy atom. The van der Waals surface area contributed by atoms with Gasteiger partial charge in [0.25, 0.3) is 0 Å². The van der Waals surface area contributed by atoms with Crippen molar-refractivity contribution in [1.82, 2.24) is 4.90 Å². The van der Waals surface area contributed by atoms with E-state index in [9.17, 15) is 9.59 Å². The van der Waals surface area contributed by atoms with Crippen molar-refractivity contribution in [3.63, 3.8) is 0 Å². The first-order valence-electron chi connectivity index (χ1n) is 6.19. The van der Waals surface area contributed by atoms with E-state index < -0.39 is 5.97 Å². The highest BCUT2D eigenvalue weighted by Gasteiger charge is 2.07. The van der Waals surface area contributed by atoms with Gasteiger partial charge in [0.15, 0.2) is 0 Å². The van der Waals surface area contributed by atoms with E-state index in [1.54, 1.807) is 19.1 Å². The molecule has 0 atom stereocenters. The Balaban J connectivity index is 2.52. The summed E-state index contributed by atoms with van der Waals surface area (Å²) in [7, 11) is 1.86. The molecule has 5 nitrogen and oxygen atoms in total. The number of aliphatic carboxylic acids is 1. The van der Waals surface area contributed by atoms with Crippen molar-refractivity contribution in [2.24, 2.45) is 0 Å². The van der Waals surface area contributed by atoms with Gasteiger partial charge in [-0.1, -0.05) is 12.1 Å². The highest BCUT2D eigenvalue weighted by Crippen LogP contribution is 2.08. The van der Waals surface area contributed by atoms with E-state index in [-0.39, 0.29) is 12.4 Å². The monoisotopic (exact) mass is 265 g/mol. The van der Waals surface area contributed by atoms with Gasteiger partial charge < -0.3 is 14.7 Å². The maximum Gasteiger partial charge on any atom is 0.338 e. The summed E-state index contributed by atoms with van der Waals surface area (Å²) in [5.41, 5.74) is 1.56. The Morgan fingerprint density at radius 2 is 1.89 bits per heavy atom. The average Bonchev–Trinajstić information content (AvgIpc) is 2.37. The fraction of sp³-hybridized carbons (Fsp3) is 0.429. The molecule has 1 N–H and O–H groups in total. The molecule has 0 radical (unpaired) electrons. The van der Waals surface area contributed by atoms with Crippen molar-refractivity contribution in [3.8, 4) is 0 Å². The first-order valence-corrected chi connectivity index (χ1v) is 6.19. The van der Waals surface area contributed by atoms with Crippen molar-refractivity contribution in [2.45, 2.75) is 19.9 Å². The second kappa shape index (κ2) is 7.53. The standard InChI is InChI=1S/C14H19NO4/c1-3-19-14(18)12-6-4-11(5-7-12)10-15(2)9-8-13(16)17/h4-7H,3,8-10H2,1-2H3,(H,16,17). The van der Waals surface area contributed by atoms with Gasteiger partial charge in [0.2, 0.25) is 0 Å². The molecule has 0 spiro atoms. The van der Waals surface area contributed by atoms with E-state index in [1.807, 2.05) is 24.1 Å². The third-order valence-electron chi connectivity index (χ3n) is 2.62. The van der Waals surface area contributed by atoms with Crippen molar-refractivity contribution in [2.75, 3.05) is 20.2 Å². The fourth-order valence-corrected chi connectivity index (χ4v) is 1.64. The second-order valence-electron chi connectivity index (χ2n) is 4.30. The Kier molecular flexibility index (Phi) is 6.02. The first-order chi connectivity index (χ1) is 9.02. The van der Waals surface area contributed by atoms with E-state index in [2.05, 4.69) is 0 Å². The summed E-state index contributed by atoms with van der Waals surface area (Å²) in [6.45, 7) is 3.27. The molecule has 0 aliphatic rings. The SMILES string of the molecule is CCOC(=O)c1ccc(CN(C)CCC(=O)O)cc1. The van der Waals surface area contributed by atoms with Crippen LogP contribution in [0.5, 0.6) is 0 Å². The third-order valence-corrected chi connectivity index (χ3v) is 2.62. The molecule has 0 saturated heterocycles. The number of esters is 1. The minimum atomic E-state index is -0.801. The number of hydrogen-bond acceptors (Lipinski definition) is 4. The summed E-state index contributed by atoms with van der Waals surface area (Å²) in [6.07, 6.45) is 0.122. The molecule has 0 heterocycles. The average molecular weight is 265 g/mol. The molecule has 104 valence electrons. The van der Waals surface area contributed by atoms with Gasteiger partial charge in [-0.25, -0.2) is 4.79 Å². The summed E-state index contributed by atoms with van der Waals surface area (Å²) in [4.78, 5) is 23.8. The lowest BCUT2D eigenvalue weighted by Crippen LogP contribution is -2.21. The van der Waals surface area contributed by atoms with Gasteiger partial charge in [0.1, 0.15) is 0 Å². The molecule has 19 heavy (non-hydrogen) atoms. The van der Waals surface area contributed by atoms with Gasteiger partial charge in [-0.15, -0.1) is 0 Å². The lowest BCUT2D eigenvalue weighted by atomic mass is 10.1. The Hall–Kier alpha value is -1.88. The van der Waals surface area contributed by atoms with E-state index in [0.717, 1.165) is 5.56 Å². The predicted octanol–water partition coefficient (Wildman–Crippen LogP) is 1.77.